The van der Waals surface area contributed by atoms with E-state index in [1.807, 2.05) is 59.7 Å². The van der Waals surface area contributed by atoms with Gasteiger partial charge in [0.05, 0.1) is 74.5 Å². The molecule has 0 saturated carbocycles. The first-order valence-corrected chi connectivity index (χ1v) is 26.5. The molecule has 0 bridgehead atoms. The zero-order chi connectivity index (χ0) is 54.9. The molecule has 3 N–H and O–H groups in total. The van der Waals surface area contributed by atoms with Gasteiger partial charge in [0.2, 0.25) is 47.3 Å². The third kappa shape index (κ3) is 16.6. The van der Waals surface area contributed by atoms with Gasteiger partial charge in [0, 0.05) is 47.0 Å². The molecule has 10 atom stereocenters. The van der Waals surface area contributed by atoms with E-state index in [4.69, 9.17) is 9.47 Å². The van der Waals surface area contributed by atoms with Crippen LogP contribution in [-0.4, -0.2) is 191 Å². The fraction of sp³-hybridized carbons (Fsp3) is 0.660. The number of thioether (sulfide) groups is 1. The maximum absolute atomic E-state index is 14.7. The number of carbonyl (C=O) groups is 8. The van der Waals surface area contributed by atoms with Gasteiger partial charge >= 0.3 is 0 Å². The van der Waals surface area contributed by atoms with Crippen molar-refractivity contribution in [1.29, 1.82) is 0 Å². The highest BCUT2D eigenvalue weighted by Gasteiger charge is 2.44. The number of ether oxygens (including phenoxy) is 2. The van der Waals surface area contributed by atoms with Crippen molar-refractivity contribution in [2.75, 3.05) is 66.4 Å². The average molecular weight is 1040 g/mol. The number of aliphatic hydroxyl groups is 1. The molecule has 2 fully saturated rings. The number of benzene rings is 1. The van der Waals surface area contributed by atoms with Gasteiger partial charge in [-0.05, 0) is 55.2 Å². The Bertz CT molecular complexity index is 2030. The van der Waals surface area contributed by atoms with Gasteiger partial charge in [0.1, 0.15) is 12.1 Å². The molecule has 2 heterocycles. The Morgan fingerprint density at radius 2 is 1.40 bits per heavy atom. The van der Waals surface area contributed by atoms with Crippen LogP contribution in [0.5, 0.6) is 0 Å². The molecule has 20 heteroatoms. The first kappa shape index (κ1) is 62.0. The lowest BCUT2D eigenvalue weighted by molar-refractivity contribution is -0.154. The summed E-state index contributed by atoms with van der Waals surface area (Å²) in [5.74, 6) is -4.26. The molecule has 3 rings (SSSR count). The summed E-state index contributed by atoms with van der Waals surface area (Å²) < 4.78 is 12.0. The number of aliphatic hydroxyl groups excluding tert-OH is 1. The summed E-state index contributed by atoms with van der Waals surface area (Å²) in [5, 5.41) is 16.8. The van der Waals surface area contributed by atoms with Gasteiger partial charge in [-0.2, -0.15) is 11.8 Å². The van der Waals surface area contributed by atoms with Gasteiger partial charge in [0.25, 0.3) is 0 Å². The SMILES string of the molecule is C=CC(=O)N1CN(C(=O)C=C)CN(C(=O)CCSCC(=O)N(C)C(C(=O)N[C@H](C(=O)N(C)C([C@H](C)CC)[C@@H](CC(=O)N2CCC[C@H]2[C@H](OC)[C@@H](C)C(=O)N[C@H](C)[C@@H](O)c2ccccc2)OC)C(C)C)C(C)C)C1. The predicted octanol–water partition coefficient (Wildman–Crippen LogP) is 3.64. The molecule has 2 saturated heterocycles. The number of likely N-dealkylation sites (tertiary alicyclic amines) is 1. The zero-order valence-corrected chi connectivity index (χ0v) is 46.1. The molecule has 2 aliphatic rings. The van der Waals surface area contributed by atoms with E-state index in [-0.39, 0.29) is 91.6 Å². The lowest BCUT2D eigenvalue weighted by Crippen LogP contribution is -2.60. The Labute approximate surface area is 437 Å². The van der Waals surface area contributed by atoms with E-state index >= 15 is 0 Å². The molecule has 73 heavy (non-hydrogen) atoms. The second kappa shape index (κ2) is 29.5. The van der Waals surface area contributed by atoms with E-state index in [0.29, 0.717) is 31.4 Å². The highest BCUT2D eigenvalue weighted by Crippen LogP contribution is 2.30. The van der Waals surface area contributed by atoms with Crippen LogP contribution in [0.3, 0.4) is 0 Å². The molecular weight excluding hydrogens is 957 g/mol. The van der Waals surface area contributed by atoms with Crippen LogP contribution in [0.25, 0.3) is 0 Å². The first-order valence-electron chi connectivity index (χ1n) is 25.4. The van der Waals surface area contributed by atoms with Gasteiger partial charge in [-0.1, -0.05) is 98.4 Å². The predicted molar refractivity (Wildman–Crippen MR) is 281 cm³/mol. The van der Waals surface area contributed by atoms with Crippen LogP contribution >= 0.6 is 11.8 Å². The molecule has 8 amide bonds. The minimum atomic E-state index is -0.998. The fourth-order valence-electron chi connectivity index (χ4n) is 9.76. The van der Waals surface area contributed by atoms with Crippen LogP contribution in [0.4, 0.5) is 0 Å². The molecule has 0 aromatic heterocycles. The number of hydrogen-bond donors (Lipinski definition) is 3. The third-order valence-electron chi connectivity index (χ3n) is 14.2. The number of nitrogens with zero attached hydrogens (tertiary/aromatic N) is 6. The monoisotopic (exact) mass is 1040 g/mol. The van der Waals surface area contributed by atoms with Crippen LogP contribution < -0.4 is 10.6 Å². The zero-order valence-electron chi connectivity index (χ0n) is 45.3. The number of nitrogens with one attached hydrogen (secondary N) is 2. The fourth-order valence-corrected chi connectivity index (χ4v) is 10.6. The van der Waals surface area contributed by atoms with Crippen molar-refractivity contribution >= 4 is 59.0 Å². The molecular formula is C53H84N8O11S. The highest BCUT2D eigenvalue weighted by molar-refractivity contribution is 7.99. The Hall–Kier alpha value is -5.31. The van der Waals surface area contributed by atoms with Gasteiger partial charge < -0.3 is 54.6 Å². The van der Waals surface area contributed by atoms with Gasteiger partial charge in [-0.3, -0.25) is 38.4 Å². The summed E-state index contributed by atoms with van der Waals surface area (Å²) in [6, 6.07) is 5.56. The number of hydrogen-bond acceptors (Lipinski definition) is 12. The quantitative estimate of drug-likeness (QED) is 0.0851. The largest absolute Gasteiger partial charge is 0.386 e. The lowest BCUT2D eigenvalue weighted by atomic mass is 9.89. The van der Waals surface area contributed by atoms with E-state index in [1.54, 1.807) is 42.8 Å². The smallest absolute Gasteiger partial charge is 0.248 e. The molecule has 0 spiro atoms. The van der Waals surface area contributed by atoms with Crippen LogP contribution in [0.2, 0.25) is 0 Å². The maximum atomic E-state index is 14.7. The second-order valence-corrected chi connectivity index (χ2v) is 21.1. The van der Waals surface area contributed by atoms with Crippen LogP contribution in [-0.2, 0) is 47.8 Å². The first-order chi connectivity index (χ1) is 34.5. The van der Waals surface area contributed by atoms with Crippen molar-refractivity contribution in [3.63, 3.8) is 0 Å². The Balaban J connectivity index is 1.69. The molecule has 1 aromatic rings. The van der Waals surface area contributed by atoms with E-state index in [2.05, 4.69) is 23.8 Å². The molecule has 408 valence electrons. The van der Waals surface area contributed by atoms with E-state index in [9.17, 15) is 43.5 Å². The molecule has 0 radical (unpaired) electrons. The van der Waals surface area contributed by atoms with Crippen molar-refractivity contribution in [3.8, 4) is 0 Å². The molecule has 0 aliphatic carbocycles. The number of methoxy groups -OCH3 is 2. The van der Waals surface area contributed by atoms with Crippen LogP contribution in [0.15, 0.2) is 55.6 Å². The number of amides is 8. The second-order valence-electron chi connectivity index (χ2n) is 20.0. The maximum Gasteiger partial charge on any atom is 0.248 e. The minimum absolute atomic E-state index is 0.0105. The van der Waals surface area contributed by atoms with Gasteiger partial charge in [-0.15, -0.1) is 0 Å². The standard InChI is InChI=1S/C53H84N8O11S/c1-15-35(8)48(40(71-13)28-44(65)61-26-21-24-39(61)50(72-14)36(9)51(68)54-37(10)49(67)38-22-19-18-20-23-38)57(12)53(70)46(33(4)5)55-52(69)47(34(6)7)56(11)45(66)29-73-27-25-43(64)60-31-58(41(62)16-2)30-59(32-60)42(63)17-3/h16-20,22-23,33-37,39-40,46-50,67H,2-3,15,21,24-32H2,1,4-14H3,(H,54,68)(H,55,69)/t35-,36-,37-,39+,40-,46+,47?,48?,49-,50-/m1/s1. The van der Waals surface area contributed by atoms with Crippen LogP contribution in [0.1, 0.15) is 99.2 Å². The minimum Gasteiger partial charge on any atom is -0.386 e. The Morgan fingerprint density at radius 3 is 1.92 bits per heavy atom. The summed E-state index contributed by atoms with van der Waals surface area (Å²) in [7, 11) is 6.23. The van der Waals surface area contributed by atoms with E-state index < -0.39 is 72.2 Å². The van der Waals surface area contributed by atoms with Crippen molar-refractivity contribution in [1.82, 2.24) is 40.0 Å². The van der Waals surface area contributed by atoms with Crippen molar-refractivity contribution in [2.24, 2.45) is 23.7 Å². The molecule has 2 aliphatic heterocycles. The average Bonchev–Trinajstić information content (AvgIpc) is 3.87. The van der Waals surface area contributed by atoms with E-state index in [1.165, 1.54) is 52.6 Å². The summed E-state index contributed by atoms with van der Waals surface area (Å²) >= 11 is 1.21. The summed E-state index contributed by atoms with van der Waals surface area (Å²) in [6.07, 6.45) is 1.85. The third-order valence-corrected chi connectivity index (χ3v) is 15.2. The number of rotatable bonds is 27. The molecule has 1 aromatic carbocycles. The van der Waals surface area contributed by atoms with E-state index in [0.717, 1.165) is 12.2 Å². The van der Waals surface area contributed by atoms with Crippen LogP contribution in [0, 0.1) is 23.7 Å². The van der Waals surface area contributed by atoms with Crippen molar-refractivity contribution < 1.29 is 52.9 Å². The molecule has 19 nitrogen and oxygen atoms in total. The highest BCUT2D eigenvalue weighted by atomic mass is 32.2. The normalized spacial score (nSPS) is 18.6. The summed E-state index contributed by atoms with van der Waals surface area (Å²) in [5.41, 5.74) is 0.679. The van der Waals surface area contributed by atoms with Gasteiger partial charge in [0.15, 0.2) is 0 Å². The summed E-state index contributed by atoms with van der Waals surface area (Å²) in [4.78, 5) is 117. The Morgan fingerprint density at radius 1 is 0.808 bits per heavy atom. The number of likely N-dealkylation sites (N-methyl/N-ethyl adjacent to an activating group) is 2. The number of carbonyl (C=O) groups excluding carboxylic acids is 8. The lowest BCUT2D eigenvalue weighted by Gasteiger charge is -2.41. The van der Waals surface area contributed by atoms with Crippen molar-refractivity contribution in [2.45, 2.75) is 136 Å². The topological polar surface area (TPSA) is 219 Å². The molecule has 2 unspecified atom stereocenters. The Kier molecular flexibility index (Phi) is 25.1. The summed E-state index contributed by atoms with van der Waals surface area (Å²) in [6.45, 7) is 22.1. The van der Waals surface area contributed by atoms with Gasteiger partial charge in [-0.25, -0.2) is 0 Å². The van der Waals surface area contributed by atoms with Crippen molar-refractivity contribution in [3.05, 3.63) is 61.2 Å².